The number of hydrogen-bond acceptors (Lipinski definition) is 3. The minimum Gasteiger partial charge on any atom is -0.489 e. The maximum Gasteiger partial charge on any atom is 0.124 e. The van der Waals surface area contributed by atoms with E-state index in [1.54, 1.807) is 6.08 Å². The van der Waals surface area contributed by atoms with Gasteiger partial charge < -0.3 is 9.84 Å². The molecule has 0 unspecified atom stereocenters. The van der Waals surface area contributed by atoms with Gasteiger partial charge in [-0.25, -0.2) is 0 Å². The van der Waals surface area contributed by atoms with E-state index in [9.17, 15) is 5.11 Å². The Morgan fingerprint density at radius 3 is 2.63 bits per heavy atom. The molecule has 0 amide bonds. The molecule has 0 heterocycles. The van der Waals surface area contributed by atoms with Crippen LogP contribution in [0.1, 0.15) is 26.3 Å². The lowest BCUT2D eigenvalue weighted by molar-refractivity contribution is 0.0351. The standard InChI is InChI=1S/C16H25NO2/c1-5-11-19-15-10-8-7-9-14(15)12-17(6-2)13-16(3,4)18/h5,7-10,18H,1,6,11-13H2,2-4H3. The zero-order valence-corrected chi connectivity index (χ0v) is 12.2. The predicted molar refractivity (Wildman–Crippen MR) is 79.4 cm³/mol. The number of rotatable bonds is 8. The topological polar surface area (TPSA) is 32.7 Å². The highest BCUT2D eigenvalue weighted by molar-refractivity contribution is 5.33. The van der Waals surface area contributed by atoms with E-state index in [1.807, 2.05) is 32.0 Å². The van der Waals surface area contributed by atoms with Gasteiger partial charge in [0.1, 0.15) is 12.4 Å². The lowest BCUT2D eigenvalue weighted by atomic mass is 10.1. The Labute approximate surface area is 116 Å². The molecule has 1 N–H and O–H groups in total. The second-order valence-electron chi connectivity index (χ2n) is 5.32. The van der Waals surface area contributed by atoms with Crippen molar-refractivity contribution in [1.29, 1.82) is 0 Å². The Kier molecular flexibility index (Phi) is 6.06. The molecule has 106 valence electrons. The zero-order valence-electron chi connectivity index (χ0n) is 12.2. The summed E-state index contributed by atoms with van der Waals surface area (Å²) < 4.78 is 5.65. The Morgan fingerprint density at radius 1 is 1.37 bits per heavy atom. The number of hydrogen-bond donors (Lipinski definition) is 1. The molecule has 0 saturated heterocycles. The van der Waals surface area contributed by atoms with E-state index >= 15 is 0 Å². The van der Waals surface area contributed by atoms with E-state index in [4.69, 9.17) is 4.74 Å². The second-order valence-corrected chi connectivity index (χ2v) is 5.32. The van der Waals surface area contributed by atoms with Crippen molar-refractivity contribution in [1.82, 2.24) is 4.90 Å². The molecule has 1 rings (SSSR count). The molecule has 0 aliphatic heterocycles. The number of benzene rings is 1. The van der Waals surface area contributed by atoms with Gasteiger partial charge in [-0.15, -0.1) is 0 Å². The van der Waals surface area contributed by atoms with Gasteiger partial charge in [0, 0.05) is 18.7 Å². The first-order valence-electron chi connectivity index (χ1n) is 6.72. The molecule has 1 aromatic rings. The maximum atomic E-state index is 9.92. The Hall–Kier alpha value is -1.32. The van der Waals surface area contributed by atoms with E-state index in [0.717, 1.165) is 24.4 Å². The monoisotopic (exact) mass is 263 g/mol. The van der Waals surface area contributed by atoms with Gasteiger partial charge in [-0.1, -0.05) is 37.8 Å². The lowest BCUT2D eigenvalue weighted by Gasteiger charge is -2.28. The van der Waals surface area contributed by atoms with Crippen LogP contribution in [0.2, 0.25) is 0 Å². The number of para-hydroxylation sites is 1. The summed E-state index contributed by atoms with van der Waals surface area (Å²) >= 11 is 0. The molecule has 0 bridgehead atoms. The Morgan fingerprint density at radius 2 is 2.05 bits per heavy atom. The van der Waals surface area contributed by atoms with Gasteiger partial charge in [0.2, 0.25) is 0 Å². The van der Waals surface area contributed by atoms with Crippen LogP contribution < -0.4 is 4.74 Å². The highest BCUT2D eigenvalue weighted by atomic mass is 16.5. The van der Waals surface area contributed by atoms with E-state index in [1.165, 1.54) is 0 Å². The van der Waals surface area contributed by atoms with Gasteiger partial charge in [-0.3, -0.25) is 4.90 Å². The normalized spacial score (nSPS) is 11.6. The highest BCUT2D eigenvalue weighted by Crippen LogP contribution is 2.20. The summed E-state index contributed by atoms with van der Waals surface area (Å²) in [5.74, 6) is 0.886. The number of ether oxygens (including phenoxy) is 1. The molecule has 0 saturated carbocycles. The van der Waals surface area contributed by atoms with Crippen LogP contribution in [0, 0.1) is 0 Å². The first-order chi connectivity index (χ1) is 8.96. The zero-order chi connectivity index (χ0) is 14.3. The van der Waals surface area contributed by atoms with Crippen LogP contribution in [-0.2, 0) is 6.54 Å². The molecule has 0 radical (unpaired) electrons. The molecular formula is C16H25NO2. The maximum absolute atomic E-state index is 9.92. The quantitative estimate of drug-likeness (QED) is 0.732. The summed E-state index contributed by atoms with van der Waals surface area (Å²) in [6.07, 6.45) is 1.74. The first kappa shape index (κ1) is 15.7. The van der Waals surface area contributed by atoms with Crippen molar-refractivity contribution in [2.24, 2.45) is 0 Å². The van der Waals surface area contributed by atoms with Crippen molar-refractivity contribution in [3.63, 3.8) is 0 Å². The van der Waals surface area contributed by atoms with E-state index < -0.39 is 5.60 Å². The minimum atomic E-state index is -0.688. The van der Waals surface area contributed by atoms with Gasteiger partial charge in [0.25, 0.3) is 0 Å². The first-order valence-corrected chi connectivity index (χ1v) is 6.72. The van der Waals surface area contributed by atoms with Gasteiger partial charge in [0.15, 0.2) is 0 Å². The second kappa shape index (κ2) is 7.31. The van der Waals surface area contributed by atoms with Gasteiger partial charge >= 0.3 is 0 Å². The number of likely N-dealkylation sites (N-methyl/N-ethyl adjacent to an activating group) is 1. The van der Waals surface area contributed by atoms with E-state index in [0.29, 0.717) is 13.2 Å². The average molecular weight is 263 g/mol. The fourth-order valence-corrected chi connectivity index (χ4v) is 1.99. The molecule has 0 aromatic heterocycles. The third-order valence-corrected chi connectivity index (χ3v) is 2.78. The predicted octanol–water partition coefficient (Wildman–Crippen LogP) is 2.84. The van der Waals surface area contributed by atoms with Crippen molar-refractivity contribution in [3.8, 4) is 5.75 Å². The van der Waals surface area contributed by atoms with Crippen LogP contribution in [0.5, 0.6) is 5.75 Å². The molecule has 1 aromatic carbocycles. The summed E-state index contributed by atoms with van der Waals surface area (Å²) in [6, 6.07) is 8.00. The molecule has 19 heavy (non-hydrogen) atoms. The summed E-state index contributed by atoms with van der Waals surface area (Å²) in [4.78, 5) is 2.20. The van der Waals surface area contributed by atoms with E-state index in [-0.39, 0.29) is 0 Å². The number of nitrogens with zero attached hydrogens (tertiary/aromatic N) is 1. The molecule has 0 aliphatic carbocycles. The summed E-state index contributed by atoms with van der Waals surface area (Å²) in [7, 11) is 0. The Bertz CT molecular complexity index is 396. The van der Waals surface area contributed by atoms with Crippen LogP contribution in [-0.4, -0.2) is 35.3 Å². The van der Waals surface area contributed by atoms with Crippen LogP contribution in [0.25, 0.3) is 0 Å². The largest absolute Gasteiger partial charge is 0.489 e. The molecule has 0 fully saturated rings. The molecule has 3 nitrogen and oxygen atoms in total. The van der Waals surface area contributed by atoms with Crippen LogP contribution in [0.15, 0.2) is 36.9 Å². The van der Waals surface area contributed by atoms with Crippen molar-refractivity contribution in [3.05, 3.63) is 42.5 Å². The lowest BCUT2D eigenvalue weighted by Crippen LogP contribution is -2.38. The van der Waals surface area contributed by atoms with Crippen LogP contribution in [0.4, 0.5) is 0 Å². The fourth-order valence-electron chi connectivity index (χ4n) is 1.99. The van der Waals surface area contributed by atoms with Gasteiger partial charge in [0.05, 0.1) is 5.60 Å². The van der Waals surface area contributed by atoms with Crippen molar-refractivity contribution in [2.75, 3.05) is 19.7 Å². The Balaban J connectivity index is 2.75. The number of aliphatic hydroxyl groups is 1. The van der Waals surface area contributed by atoms with Crippen LogP contribution in [0.3, 0.4) is 0 Å². The van der Waals surface area contributed by atoms with Crippen LogP contribution >= 0.6 is 0 Å². The van der Waals surface area contributed by atoms with Gasteiger partial charge in [-0.05, 0) is 26.5 Å². The van der Waals surface area contributed by atoms with Gasteiger partial charge in [-0.2, -0.15) is 0 Å². The molecule has 0 atom stereocenters. The third kappa shape index (κ3) is 5.90. The molecule has 0 spiro atoms. The fraction of sp³-hybridized carbons (Fsp3) is 0.500. The van der Waals surface area contributed by atoms with Crippen molar-refractivity contribution < 1.29 is 9.84 Å². The third-order valence-electron chi connectivity index (χ3n) is 2.78. The summed E-state index contributed by atoms with van der Waals surface area (Å²) in [5.41, 5.74) is 0.447. The van der Waals surface area contributed by atoms with Crippen molar-refractivity contribution >= 4 is 0 Å². The molecular weight excluding hydrogens is 238 g/mol. The smallest absolute Gasteiger partial charge is 0.124 e. The molecule has 0 aliphatic rings. The molecule has 3 heteroatoms. The van der Waals surface area contributed by atoms with E-state index in [2.05, 4.69) is 24.5 Å². The van der Waals surface area contributed by atoms with Crippen molar-refractivity contribution in [2.45, 2.75) is 32.9 Å². The minimum absolute atomic E-state index is 0.509. The summed E-state index contributed by atoms with van der Waals surface area (Å²) in [5, 5.41) is 9.92. The SMILES string of the molecule is C=CCOc1ccccc1CN(CC)CC(C)(C)O. The summed E-state index contributed by atoms with van der Waals surface area (Å²) in [6.45, 7) is 12.2. The average Bonchev–Trinajstić information content (AvgIpc) is 2.35. The highest BCUT2D eigenvalue weighted by Gasteiger charge is 2.18.